The highest BCUT2D eigenvalue weighted by Crippen LogP contribution is 2.37. The first kappa shape index (κ1) is 17.0. The lowest BCUT2D eigenvalue weighted by molar-refractivity contribution is 0.0660. The number of fused-ring (bicyclic) bond motifs is 1. The van der Waals surface area contributed by atoms with Crippen molar-refractivity contribution in [1.29, 1.82) is 0 Å². The van der Waals surface area contributed by atoms with E-state index in [4.69, 9.17) is 9.47 Å². The summed E-state index contributed by atoms with van der Waals surface area (Å²) in [5.74, 6) is 1.53. The van der Waals surface area contributed by atoms with Crippen LogP contribution < -0.4 is 14.8 Å². The van der Waals surface area contributed by atoms with Gasteiger partial charge in [-0.2, -0.15) is 0 Å². The average Bonchev–Trinajstić information content (AvgIpc) is 3.23. The molecule has 1 atom stereocenters. The lowest BCUT2D eigenvalue weighted by Crippen LogP contribution is -2.52. The number of ether oxygens (including phenoxy) is 2. The summed E-state index contributed by atoms with van der Waals surface area (Å²) in [4.78, 5) is 19.7. The lowest BCUT2D eigenvalue weighted by atomic mass is 10.2. The fraction of sp³-hybridized carbons (Fsp3) is 0.375. The van der Waals surface area contributed by atoms with Crippen LogP contribution >= 0.6 is 23.7 Å². The Balaban J connectivity index is 0.00000169. The Labute approximate surface area is 150 Å². The Morgan fingerprint density at radius 3 is 3.04 bits per heavy atom. The summed E-state index contributed by atoms with van der Waals surface area (Å²) in [6.07, 6.45) is 1.67. The zero-order valence-electron chi connectivity index (χ0n) is 13.2. The van der Waals surface area contributed by atoms with Crippen molar-refractivity contribution >= 4 is 29.7 Å². The molecule has 1 amide bonds. The molecule has 0 radical (unpaired) electrons. The van der Waals surface area contributed by atoms with Crippen molar-refractivity contribution in [2.75, 3.05) is 26.4 Å². The van der Waals surface area contributed by atoms with Gasteiger partial charge in [0.2, 0.25) is 6.79 Å². The molecule has 0 bridgehead atoms. The zero-order chi connectivity index (χ0) is 15.8. The maximum Gasteiger partial charge on any atom is 0.265 e. The quantitative estimate of drug-likeness (QED) is 0.883. The van der Waals surface area contributed by atoms with Crippen LogP contribution in [-0.2, 0) is 0 Å². The minimum Gasteiger partial charge on any atom is -0.454 e. The first-order valence-electron chi connectivity index (χ1n) is 7.60. The molecule has 0 aliphatic carbocycles. The minimum absolute atomic E-state index is 0. The molecule has 1 fully saturated rings. The summed E-state index contributed by atoms with van der Waals surface area (Å²) >= 11 is 1.42. The summed E-state index contributed by atoms with van der Waals surface area (Å²) in [6, 6.07) is 5.92. The summed E-state index contributed by atoms with van der Waals surface area (Å²) < 4.78 is 10.7. The van der Waals surface area contributed by atoms with Gasteiger partial charge in [0.25, 0.3) is 5.91 Å². The SMILES string of the molecule is C[C@H]1CNCCN1C(=O)c1cnc(-c2ccc3c(c2)OCO3)s1.Cl. The predicted octanol–water partition coefficient (Wildman–Crippen LogP) is 2.39. The van der Waals surface area contributed by atoms with E-state index in [9.17, 15) is 4.79 Å². The molecular formula is C16H18ClN3O3S. The highest BCUT2D eigenvalue weighted by atomic mass is 35.5. The number of benzene rings is 1. The number of aromatic nitrogens is 1. The van der Waals surface area contributed by atoms with E-state index in [0.29, 0.717) is 4.88 Å². The number of nitrogens with zero attached hydrogens (tertiary/aromatic N) is 2. The Bertz CT molecular complexity index is 752. The van der Waals surface area contributed by atoms with Crippen LogP contribution in [0, 0.1) is 0 Å². The van der Waals surface area contributed by atoms with E-state index in [1.807, 2.05) is 23.1 Å². The van der Waals surface area contributed by atoms with E-state index in [1.165, 1.54) is 11.3 Å². The van der Waals surface area contributed by atoms with E-state index >= 15 is 0 Å². The number of piperazine rings is 1. The second-order valence-electron chi connectivity index (χ2n) is 5.65. The Morgan fingerprint density at radius 1 is 1.38 bits per heavy atom. The molecule has 0 spiro atoms. The standard InChI is InChI=1S/C16H17N3O3S.ClH/c1-10-7-17-4-5-19(10)16(20)14-8-18-15(23-14)11-2-3-12-13(6-11)22-9-21-12;/h2-3,6,8,10,17H,4-5,7,9H2,1H3;1H/t10-;/m0./s1. The van der Waals surface area contributed by atoms with Gasteiger partial charge in [-0.1, -0.05) is 0 Å². The van der Waals surface area contributed by atoms with Gasteiger partial charge in [-0.25, -0.2) is 4.98 Å². The molecule has 1 aromatic carbocycles. The number of carbonyl (C=O) groups excluding carboxylic acids is 1. The van der Waals surface area contributed by atoms with E-state index in [0.717, 1.165) is 41.7 Å². The molecule has 2 aromatic rings. The molecule has 4 rings (SSSR count). The van der Waals surface area contributed by atoms with Crippen LogP contribution in [0.4, 0.5) is 0 Å². The van der Waals surface area contributed by atoms with Gasteiger partial charge in [0.15, 0.2) is 11.5 Å². The molecule has 2 aliphatic heterocycles. The van der Waals surface area contributed by atoms with Crippen LogP contribution in [0.3, 0.4) is 0 Å². The van der Waals surface area contributed by atoms with Gasteiger partial charge in [-0.3, -0.25) is 4.79 Å². The first-order valence-corrected chi connectivity index (χ1v) is 8.41. The Hall–Kier alpha value is -1.83. The topological polar surface area (TPSA) is 63.7 Å². The van der Waals surface area contributed by atoms with E-state index in [2.05, 4.69) is 17.2 Å². The van der Waals surface area contributed by atoms with Gasteiger partial charge < -0.3 is 19.7 Å². The van der Waals surface area contributed by atoms with E-state index < -0.39 is 0 Å². The smallest absolute Gasteiger partial charge is 0.265 e. The molecule has 1 aromatic heterocycles. The molecule has 1 N–H and O–H groups in total. The molecule has 24 heavy (non-hydrogen) atoms. The van der Waals surface area contributed by atoms with Crippen molar-refractivity contribution in [1.82, 2.24) is 15.2 Å². The van der Waals surface area contributed by atoms with Crippen LogP contribution in [0.25, 0.3) is 10.6 Å². The third-order valence-corrected chi connectivity index (χ3v) is 5.13. The summed E-state index contributed by atoms with van der Waals surface area (Å²) in [5, 5.41) is 4.11. The first-order chi connectivity index (χ1) is 11.2. The van der Waals surface area contributed by atoms with Crippen LogP contribution in [0.1, 0.15) is 16.6 Å². The highest BCUT2D eigenvalue weighted by Gasteiger charge is 2.26. The predicted molar refractivity (Wildman–Crippen MR) is 94.3 cm³/mol. The van der Waals surface area contributed by atoms with Crippen molar-refractivity contribution in [3.05, 3.63) is 29.3 Å². The number of hydrogen-bond donors (Lipinski definition) is 1. The highest BCUT2D eigenvalue weighted by molar-refractivity contribution is 7.16. The van der Waals surface area contributed by atoms with Gasteiger partial charge >= 0.3 is 0 Å². The van der Waals surface area contributed by atoms with Gasteiger partial charge in [0, 0.05) is 31.2 Å². The number of thiazole rings is 1. The van der Waals surface area contributed by atoms with Crippen molar-refractivity contribution < 1.29 is 14.3 Å². The largest absolute Gasteiger partial charge is 0.454 e. The molecule has 0 unspecified atom stereocenters. The van der Waals surface area contributed by atoms with Gasteiger partial charge in [0.1, 0.15) is 9.88 Å². The third-order valence-electron chi connectivity index (χ3n) is 4.10. The fourth-order valence-corrected chi connectivity index (χ4v) is 3.69. The lowest BCUT2D eigenvalue weighted by Gasteiger charge is -2.33. The molecule has 1 saturated heterocycles. The number of amides is 1. The molecule has 6 nitrogen and oxygen atoms in total. The van der Waals surface area contributed by atoms with Crippen LogP contribution in [0.15, 0.2) is 24.4 Å². The molecule has 8 heteroatoms. The van der Waals surface area contributed by atoms with Crippen molar-refractivity contribution in [3.8, 4) is 22.1 Å². The number of halogens is 1. The molecule has 128 valence electrons. The van der Waals surface area contributed by atoms with Gasteiger partial charge in [-0.15, -0.1) is 23.7 Å². The zero-order valence-corrected chi connectivity index (χ0v) is 14.8. The Kier molecular flexibility index (Phi) is 4.93. The summed E-state index contributed by atoms with van der Waals surface area (Å²) in [7, 11) is 0. The second kappa shape index (κ2) is 6.96. The number of nitrogens with one attached hydrogen (secondary N) is 1. The van der Waals surface area contributed by atoms with Gasteiger partial charge in [0.05, 0.1) is 6.20 Å². The average molecular weight is 368 g/mol. The summed E-state index contributed by atoms with van der Waals surface area (Å²) in [6.45, 7) is 4.71. The maximum absolute atomic E-state index is 12.7. The second-order valence-corrected chi connectivity index (χ2v) is 6.68. The molecule has 0 saturated carbocycles. The number of hydrogen-bond acceptors (Lipinski definition) is 6. The number of carbonyl (C=O) groups is 1. The molecular weight excluding hydrogens is 350 g/mol. The summed E-state index contributed by atoms with van der Waals surface area (Å²) in [5.41, 5.74) is 0.937. The van der Waals surface area contributed by atoms with E-state index in [-0.39, 0.29) is 31.1 Å². The maximum atomic E-state index is 12.7. The minimum atomic E-state index is 0. The number of rotatable bonds is 2. The van der Waals surface area contributed by atoms with Gasteiger partial charge in [-0.05, 0) is 25.1 Å². The van der Waals surface area contributed by atoms with E-state index in [1.54, 1.807) is 6.20 Å². The van der Waals surface area contributed by atoms with Crippen molar-refractivity contribution in [3.63, 3.8) is 0 Å². The van der Waals surface area contributed by atoms with Crippen molar-refractivity contribution in [2.45, 2.75) is 13.0 Å². The third kappa shape index (κ3) is 3.07. The van der Waals surface area contributed by atoms with Crippen LogP contribution in [0.5, 0.6) is 11.5 Å². The monoisotopic (exact) mass is 367 g/mol. The van der Waals surface area contributed by atoms with Crippen LogP contribution in [-0.4, -0.2) is 48.3 Å². The normalized spacial score (nSPS) is 19.0. The molecule has 2 aliphatic rings. The fourth-order valence-electron chi connectivity index (χ4n) is 2.82. The van der Waals surface area contributed by atoms with Crippen LogP contribution in [0.2, 0.25) is 0 Å². The molecule has 3 heterocycles. The van der Waals surface area contributed by atoms with Crippen molar-refractivity contribution in [2.24, 2.45) is 0 Å². The Morgan fingerprint density at radius 2 is 2.21 bits per heavy atom.